The molecule has 0 aliphatic rings. The van der Waals surface area contributed by atoms with Crippen LogP contribution >= 0.6 is 9.90 Å². The van der Waals surface area contributed by atoms with Gasteiger partial charge in [0.15, 0.2) is 0 Å². The second kappa shape index (κ2) is 8.45. The van der Waals surface area contributed by atoms with Crippen LogP contribution in [0.4, 0.5) is 0 Å². The molecule has 0 rings (SSSR count). The van der Waals surface area contributed by atoms with Gasteiger partial charge in [0.2, 0.25) is 0 Å². The van der Waals surface area contributed by atoms with Crippen molar-refractivity contribution in [3.63, 3.8) is 0 Å². The molecule has 11 heavy (non-hydrogen) atoms. The van der Waals surface area contributed by atoms with Gasteiger partial charge in [-0.2, -0.15) is 9.90 Å². The molecule has 0 aliphatic carbocycles. The number of hydrogen-bond donors (Lipinski definition) is 2. The van der Waals surface area contributed by atoms with E-state index in [4.69, 9.17) is 5.11 Å². The largest absolute Gasteiger partial charge is 0.396 e. The Labute approximate surface area is 72.6 Å². The van der Waals surface area contributed by atoms with Gasteiger partial charge in [0.25, 0.3) is 0 Å². The third kappa shape index (κ3) is 5.60. The first kappa shape index (κ1) is 13.9. The molecule has 3 heteroatoms. The molecule has 0 aromatic carbocycles. The Balaban J connectivity index is 0. The maximum atomic E-state index is 9.35. The van der Waals surface area contributed by atoms with Crippen LogP contribution in [0.3, 0.4) is 0 Å². The fourth-order valence-electron chi connectivity index (χ4n) is 1.05. The summed E-state index contributed by atoms with van der Waals surface area (Å²) in [5.74, 6) is 0.0833. The molecule has 2 N–H and O–H groups in total. The lowest BCUT2D eigenvalue weighted by molar-refractivity contribution is 0.0584. The molecule has 0 fully saturated rings. The highest BCUT2D eigenvalue weighted by Gasteiger charge is 2.14. The van der Waals surface area contributed by atoms with Crippen molar-refractivity contribution in [1.82, 2.24) is 0 Å². The van der Waals surface area contributed by atoms with Crippen molar-refractivity contribution in [3.05, 3.63) is 0 Å². The summed E-state index contributed by atoms with van der Waals surface area (Å²) in [5.41, 5.74) is 0. The monoisotopic (exact) mass is 180 g/mol. The fraction of sp³-hybridized carbons (Fsp3) is 1.00. The number of aliphatic hydroxyl groups is 2. The van der Waals surface area contributed by atoms with E-state index in [2.05, 4.69) is 0 Å². The summed E-state index contributed by atoms with van der Waals surface area (Å²) in [7, 11) is 0. The number of rotatable bonds is 5. The van der Waals surface area contributed by atoms with E-state index >= 15 is 0 Å². The quantitative estimate of drug-likeness (QED) is 0.625. The van der Waals surface area contributed by atoms with E-state index in [0.29, 0.717) is 0 Å². The topological polar surface area (TPSA) is 40.5 Å². The first-order valence-electron chi connectivity index (χ1n) is 4.05. The molecule has 0 spiro atoms. The highest BCUT2D eigenvalue weighted by molar-refractivity contribution is 6.92. The first-order valence-corrected chi connectivity index (χ1v) is 4.05. The van der Waals surface area contributed by atoms with Crippen molar-refractivity contribution in [2.24, 2.45) is 5.92 Å². The Bertz CT molecular complexity index is 74.5. The molecular formula is C8H21O2P. The summed E-state index contributed by atoms with van der Waals surface area (Å²) in [6.07, 6.45) is 2.34. The third-order valence-corrected chi connectivity index (χ3v) is 1.89. The van der Waals surface area contributed by atoms with Crippen molar-refractivity contribution in [3.8, 4) is 0 Å². The molecule has 3 unspecified atom stereocenters. The minimum absolute atomic E-state index is 0. The molecule has 3 atom stereocenters. The van der Waals surface area contributed by atoms with Crippen LogP contribution in [0, 0.1) is 5.92 Å². The summed E-state index contributed by atoms with van der Waals surface area (Å²) < 4.78 is 0. The predicted octanol–water partition coefficient (Wildman–Crippen LogP) is 1.22. The zero-order valence-electron chi connectivity index (χ0n) is 7.58. The van der Waals surface area contributed by atoms with Gasteiger partial charge in [-0.3, -0.25) is 0 Å². The van der Waals surface area contributed by atoms with E-state index in [9.17, 15) is 5.11 Å². The Morgan fingerprint density at radius 1 is 1.27 bits per heavy atom. The van der Waals surface area contributed by atoms with Crippen molar-refractivity contribution in [2.75, 3.05) is 6.61 Å². The van der Waals surface area contributed by atoms with E-state index in [0.717, 1.165) is 19.3 Å². The molecule has 70 valence electrons. The highest BCUT2D eigenvalue weighted by atomic mass is 31.0. The smallest absolute Gasteiger partial charge is 0.0590 e. The second-order valence-electron chi connectivity index (χ2n) is 2.71. The van der Waals surface area contributed by atoms with Crippen molar-refractivity contribution < 1.29 is 10.2 Å². The van der Waals surface area contributed by atoms with Gasteiger partial charge in [-0.25, -0.2) is 0 Å². The molecule has 2 nitrogen and oxygen atoms in total. The van der Waals surface area contributed by atoms with Gasteiger partial charge >= 0.3 is 0 Å². The van der Waals surface area contributed by atoms with E-state index in [-0.39, 0.29) is 28.5 Å². The van der Waals surface area contributed by atoms with Crippen LogP contribution in [0.25, 0.3) is 0 Å². The molecule has 0 saturated carbocycles. The van der Waals surface area contributed by atoms with Crippen molar-refractivity contribution >= 4 is 9.90 Å². The van der Waals surface area contributed by atoms with Gasteiger partial charge in [-0.1, -0.05) is 20.3 Å². The first-order chi connectivity index (χ1) is 4.76. The van der Waals surface area contributed by atoms with Gasteiger partial charge < -0.3 is 10.2 Å². The Morgan fingerprint density at radius 3 is 2.09 bits per heavy atom. The average Bonchev–Trinajstić information content (AvgIpc) is 1.91. The predicted molar refractivity (Wildman–Crippen MR) is 52.9 cm³/mol. The second-order valence-corrected chi connectivity index (χ2v) is 2.71. The maximum Gasteiger partial charge on any atom is 0.0590 e. The van der Waals surface area contributed by atoms with Crippen molar-refractivity contribution in [2.45, 2.75) is 39.2 Å². The summed E-state index contributed by atoms with van der Waals surface area (Å²) in [6.45, 7) is 4.13. The van der Waals surface area contributed by atoms with E-state index in [1.807, 2.05) is 13.8 Å². The van der Waals surface area contributed by atoms with Gasteiger partial charge in [-0.15, -0.1) is 0 Å². The lowest BCUT2D eigenvalue weighted by Crippen LogP contribution is -2.22. The van der Waals surface area contributed by atoms with Crippen LogP contribution in [0.15, 0.2) is 0 Å². The minimum Gasteiger partial charge on any atom is -0.396 e. The van der Waals surface area contributed by atoms with Gasteiger partial charge in [0.1, 0.15) is 0 Å². The molecule has 0 bridgehead atoms. The summed E-state index contributed by atoms with van der Waals surface area (Å²) in [6, 6.07) is 0. The molecular weight excluding hydrogens is 159 g/mol. The van der Waals surface area contributed by atoms with Crippen LogP contribution < -0.4 is 0 Å². The maximum absolute atomic E-state index is 9.35. The molecule has 0 amide bonds. The van der Waals surface area contributed by atoms with Crippen LogP contribution in [-0.2, 0) is 0 Å². The van der Waals surface area contributed by atoms with Crippen LogP contribution in [0.2, 0.25) is 0 Å². The number of hydrogen-bond acceptors (Lipinski definition) is 2. The molecule has 0 heterocycles. The summed E-state index contributed by atoms with van der Waals surface area (Å²) in [4.78, 5) is 0. The van der Waals surface area contributed by atoms with E-state index < -0.39 is 0 Å². The van der Waals surface area contributed by atoms with Gasteiger partial charge in [-0.05, 0) is 12.8 Å². The SMILES string of the molecule is CCCC(O)C(CC)CO.P. The standard InChI is InChI=1S/C8H18O2.H3P/c1-3-5-8(10)7(4-2)6-9;/h7-10H,3-6H2,1-2H3;1H3. The van der Waals surface area contributed by atoms with Crippen LogP contribution in [0.1, 0.15) is 33.1 Å². The molecule has 0 aliphatic heterocycles. The van der Waals surface area contributed by atoms with Crippen molar-refractivity contribution in [1.29, 1.82) is 0 Å². The molecule has 0 aromatic rings. The van der Waals surface area contributed by atoms with E-state index in [1.54, 1.807) is 0 Å². The molecule has 0 aromatic heterocycles. The fourth-order valence-corrected chi connectivity index (χ4v) is 1.05. The Morgan fingerprint density at radius 2 is 1.82 bits per heavy atom. The normalized spacial score (nSPS) is 15.3. The summed E-state index contributed by atoms with van der Waals surface area (Å²) >= 11 is 0. The molecule has 0 saturated heterocycles. The molecule has 0 radical (unpaired) electrons. The van der Waals surface area contributed by atoms with Crippen LogP contribution in [0.5, 0.6) is 0 Å². The lowest BCUT2D eigenvalue weighted by Gasteiger charge is -2.17. The Kier molecular flexibility index (Phi) is 10.7. The number of aliphatic hydroxyl groups excluding tert-OH is 2. The van der Waals surface area contributed by atoms with Gasteiger partial charge in [0, 0.05) is 12.5 Å². The minimum atomic E-state index is -0.306. The average molecular weight is 180 g/mol. The third-order valence-electron chi connectivity index (χ3n) is 1.89. The lowest BCUT2D eigenvalue weighted by atomic mass is 9.97. The summed E-state index contributed by atoms with van der Waals surface area (Å²) in [5, 5.41) is 18.1. The highest BCUT2D eigenvalue weighted by Crippen LogP contribution is 2.11. The van der Waals surface area contributed by atoms with Gasteiger partial charge in [0.05, 0.1) is 6.10 Å². The zero-order valence-corrected chi connectivity index (χ0v) is 9.00. The van der Waals surface area contributed by atoms with E-state index in [1.165, 1.54) is 0 Å². The van der Waals surface area contributed by atoms with Crippen LogP contribution in [-0.4, -0.2) is 22.9 Å². The zero-order chi connectivity index (χ0) is 7.98. The Hall–Kier alpha value is 0.350.